The Morgan fingerprint density at radius 3 is 2.44 bits per heavy atom. The van der Waals surface area contributed by atoms with Gasteiger partial charge in [0.15, 0.2) is 0 Å². The smallest absolute Gasteiger partial charge is 0.255 e. The Bertz CT molecular complexity index is 1380. The number of nitrogens with zero attached hydrogens (tertiary/aromatic N) is 4. The van der Waals surface area contributed by atoms with Crippen LogP contribution < -0.4 is 16.4 Å². The monoisotopic (exact) mass is 557 g/mol. The van der Waals surface area contributed by atoms with Crippen LogP contribution in [0.25, 0.3) is 5.69 Å². The van der Waals surface area contributed by atoms with E-state index in [0.29, 0.717) is 67.7 Å². The van der Waals surface area contributed by atoms with Gasteiger partial charge < -0.3 is 21.3 Å². The lowest BCUT2D eigenvalue weighted by Gasteiger charge is -2.37. The summed E-state index contributed by atoms with van der Waals surface area (Å²) in [4.78, 5) is 27.2. The number of amides is 2. The number of rotatable bonds is 6. The third-order valence-corrected chi connectivity index (χ3v) is 10.6. The normalized spacial score (nSPS) is 21.4. The highest BCUT2D eigenvalue weighted by Gasteiger charge is 2.37. The molecule has 0 saturated carbocycles. The second-order valence-corrected chi connectivity index (χ2v) is 14.0. The Labute approximate surface area is 230 Å². The summed E-state index contributed by atoms with van der Waals surface area (Å²) >= 11 is 0. The number of anilines is 1. The van der Waals surface area contributed by atoms with Crippen LogP contribution in [0, 0.1) is 6.92 Å². The topological polar surface area (TPSA) is 143 Å². The Morgan fingerprint density at radius 2 is 1.79 bits per heavy atom. The summed E-state index contributed by atoms with van der Waals surface area (Å²) in [7, 11) is -1.31. The van der Waals surface area contributed by atoms with Gasteiger partial charge in [0.25, 0.3) is 11.8 Å². The number of carbonyl (C=O) groups excluding carboxylic acids is 2. The van der Waals surface area contributed by atoms with Crippen molar-refractivity contribution in [2.24, 2.45) is 5.73 Å². The number of nitrogens with two attached hydrogens (primary N) is 1. The summed E-state index contributed by atoms with van der Waals surface area (Å²) in [6.07, 6.45) is 3.19. The van der Waals surface area contributed by atoms with Crippen molar-refractivity contribution in [1.82, 2.24) is 24.3 Å². The predicted octanol–water partition coefficient (Wildman–Crippen LogP) is 1.64. The average Bonchev–Trinajstić information content (AvgIpc) is 3.19. The molecule has 2 saturated heterocycles. The Hall–Kier alpha value is -2.96. The van der Waals surface area contributed by atoms with Crippen LogP contribution in [0.3, 0.4) is 0 Å². The zero-order chi connectivity index (χ0) is 28.1. The molecule has 11 nitrogen and oxygen atoms in total. The summed E-state index contributed by atoms with van der Waals surface area (Å²) in [6.45, 7) is 8.25. The number of aryl methyl sites for hydroxylation is 1. The second-order valence-electron chi connectivity index (χ2n) is 11.8. The molecule has 1 aromatic carbocycles. The maximum atomic E-state index is 13.2. The standard InChI is InChI=1S/C27H39N7O4S/c1-17-24-23(16-27(2,3)30-26(24)36)34(31-17)19-5-6-21(25(28)35)22(15-19)29-18-7-13-33(14-8-18)39(37,38)20-9-11-32(4)12-10-20/h5-6,15,18,20,29H,7-14,16H2,1-4H3,(H2,28,35)(H,30,36). The van der Waals surface area contributed by atoms with Crippen molar-refractivity contribution in [3.05, 3.63) is 40.7 Å². The predicted molar refractivity (Wildman–Crippen MR) is 150 cm³/mol. The number of sulfonamides is 1. The van der Waals surface area contributed by atoms with E-state index in [1.54, 1.807) is 21.1 Å². The van der Waals surface area contributed by atoms with E-state index in [-0.39, 0.29) is 17.2 Å². The molecule has 3 aliphatic heterocycles. The highest BCUT2D eigenvalue weighted by Crippen LogP contribution is 2.31. The molecular formula is C27H39N7O4S. The van der Waals surface area contributed by atoms with Gasteiger partial charge in [0.2, 0.25) is 10.0 Å². The molecule has 0 atom stereocenters. The van der Waals surface area contributed by atoms with Gasteiger partial charge in [-0.3, -0.25) is 9.59 Å². The van der Waals surface area contributed by atoms with Crippen LogP contribution in [-0.4, -0.2) is 89.3 Å². The molecule has 0 unspecified atom stereocenters. The lowest BCUT2D eigenvalue weighted by atomic mass is 9.90. The zero-order valence-corrected chi connectivity index (χ0v) is 24.0. The second kappa shape index (κ2) is 10.2. The first-order chi connectivity index (χ1) is 18.4. The van der Waals surface area contributed by atoms with Crippen molar-refractivity contribution in [3.8, 4) is 5.69 Å². The van der Waals surface area contributed by atoms with Crippen LogP contribution in [0.2, 0.25) is 0 Å². The van der Waals surface area contributed by atoms with Crippen LogP contribution >= 0.6 is 0 Å². The van der Waals surface area contributed by atoms with E-state index < -0.39 is 21.5 Å². The van der Waals surface area contributed by atoms with Gasteiger partial charge in [0.1, 0.15) is 0 Å². The molecule has 0 bridgehead atoms. The van der Waals surface area contributed by atoms with E-state index in [2.05, 4.69) is 20.6 Å². The minimum Gasteiger partial charge on any atom is -0.382 e. The molecule has 212 valence electrons. The number of hydrogen-bond acceptors (Lipinski definition) is 7. The molecule has 4 N–H and O–H groups in total. The fraction of sp³-hybridized carbons (Fsp3) is 0.593. The van der Waals surface area contributed by atoms with Gasteiger partial charge in [-0.1, -0.05) is 0 Å². The number of hydrogen-bond donors (Lipinski definition) is 3. The van der Waals surface area contributed by atoms with E-state index in [1.807, 2.05) is 33.9 Å². The Morgan fingerprint density at radius 1 is 1.13 bits per heavy atom. The Balaban J connectivity index is 1.35. The van der Waals surface area contributed by atoms with Crippen LogP contribution in [0.15, 0.2) is 18.2 Å². The lowest BCUT2D eigenvalue weighted by molar-refractivity contribution is 0.0894. The lowest BCUT2D eigenvalue weighted by Crippen LogP contribution is -2.49. The molecule has 0 radical (unpaired) electrons. The van der Waals surface area contributed by atoms with Crippen molar-refractivity contribution in [3.63, 3.8) is 0 Å². The van der Waals surface area contributed by atoms with E-state index >= 15 is 0 Å². The molecule has 39 heavy (non-hydrogen) atoms. The third kappa shape index (κ3) is 5.42. The van der Waals surface area contributed by atoms with Gasteiger partial charge in [0, 0.05) is 36.8 Å². The summed E-state index contributed by atoms with van der Waals surface area (Å²) in [5, 5.41) is 10.8. The maximum Gasteiger partial charge on any atom is 0.255 e. The van der Waals surface area contributed by atoms with Crippen molar-refractivity contribution < 1.29 is 18.0 Å². The van der Waals surface area contributed by atoms with Crippen molar-refractivity contribution in [2.75, 3.05) is 38.5 Å². The fourth-order valence-electron chi connectivity index (χ4n) is 6.05. The maximum absolute atomic E-state index is 13.2. The first-order valence-corrected chi connectivity index (χ1v) is 15.2. The average molecular weight is 558 g/mol. The highest BCUT2D eigenvalue weighted by atomic mass is 32.2. The number of fused-ring (bicyclic) bond motifs is 1. The molecule has 1 aromatic heterocycles. The minimum atomic E-state index is -3.33. The fourth-order valence-corrected chi connectivity index (χ4v) is 7.99. The number of benzene rings is 1. The Kier molecular flexibility index (Phi) is 7.23. The zero-order valence-electron chi connectivity index (χ0n) is 23.2. The molecule has 0 spiro atoms. The van der Waals surface area contributed by atoms with Crippen LogP contribution in [0.1, 0.15) is 71.6 Å². The summed E-state index contributed by atoms with van der Waals surface area (Å²) in [5.41, 5.74) is 9.00. The first-order valence-electron chi connectivity index (χ1n) is 13.6. The molecule has 2 fully saturated rings. The molecule has 12 heteroatoms. The molecule has 4 heterocycles. The van der Waals surface area contributed by atoms with Gasteiger partial charge in [-0.25, -0.2) is 17.4 Å². The van der Waals surface area contributed by atoms with Gasteiger partial charge in [-0.05, 0) is 84.8 Å². The van der Waals surface area contributed by atoms with Crippen LogP contribution in [0.4, 0.5) is 5.69 Å². The van der Waals surface area contributed by atoms with Crippen molar-refractivity contribution in [2.45, 2.75) is 69.7 Å². The van der Waals surface area contributed by atoms with Crippen LogP contribution in [-0.2, 0) is 16.4 Å². The number of likely N-dealkylation sites (tertiary alicyclic amines) is 1. The number of piperidine rings is 2. The van der Waals surface area contributed by atoms with Gasteiger partial charge in [0.05, 0.1) is 33.5 Å². The van der Waals surface area contributed by atoms with E-state index in [1.165, 1.54) is 0 Å². The SMILES string of the molecule is Cc1nn(-c2ccc(C(N)=O)c(NC3CCN(S(=O)(=O)C4CCN(C)CC4)CC3)c2)c2c1C(=O)NC(C)(C)C2. The van der Waals surface area contributed by atoms with E-state index in [4.69, 9.17) is 5.73 Å². The number of nitrogens with one attached hydrogen (secondary N) is 2. The van der Waals surface area contributed by atoms with Gasteiger partial charge in [-0.2, -0.15) is 5.10 Å². The molecular weight excluding hydrogens is 518 g/mol. The summed E-state index contributed by atoms with van der Waals surface area (Å²) < 4.78 is 29.9. The first kappa shape index (κ1) is 27.6. The largest absolute Gasteiger partial charge is 0.382 e. The van der Waals surface area contributed by atoms with E-state index in [0.717, 1.165) is 24.5 Å². The number of primary amides is 1. The van der Waals surface area contributed by atoms with Gasteiger partial charge >= 0.3 is 0 Å². The quantitative estimate of drug-likeness (QED) is 0.490. The summed E-state index contributed by atoms with van der Waals surface area (Å²) in [6, 6.07) is 5.29. The van der Waals surface area contributed by atoms with Gasteiger partial charge in [-0.15, -0.1) is 0 Å². The van der Waals surface area contributed by atoms with Crippen molar-refractivity contribution in [1.29, 1.82) is 0 Å². The summed E-state index contributed by atoms with van der Waals surface area (Å²) in [5.74, 6) is -0.690. The minimum absolute atomic E-state index is 0.0136. The molecule has 5 rings (SSSR count). The molecule has 3 aliphatic rings. The number of aromatic nitrogens is 2. The highest BCUT2D eigenvalue weighted by molar-refractivity contribution is 7.89. The van der Waals surface area contributed by atoms with E-state index in [9.17, 15) is 18.0 Å². The molecule has 2 aromatic rings. The molecule has 2 amide bonds. The molecule has 0 aliphatic carbocycles. The van der Waals surface area contributed by atoms with Crippen molar-refractivity contribution >= 4 is 27.5 Å². The third-order valence-electron chi connectivity index (χ3n) is 8.22. The number of carbonyl (C=O) groups is 2. The van der Waals surface area contributed by atoms with Crippen LogP contribution in [0.5, 0.6) is 0 Å².